The Morgan fingerprint density at radius 1 is 1.17 bits per heavy atom. The van der Waals surface area contributed by atoms with Crippen molar-refractivity contribution in [3.8, 4) is 0 Å². The molecule has 1 aromatic carbocycles. The number of quaternary nitrogens is 1. The first kappa shape index (κ1) is 18.6. The number of rotatable bonds is 5. The highest BCUT2D eigenvalue weighted by molar-refractivity contribution is 5.74. The van der Waals surface area contributed by atoms with Gasteiger partial charge >= 0.3 is 6.03 Å². The van der Waals surface area contributed by atoms with Gasteiger partial charge in [-0.3, -0.25) is 0 Å². The molecule has 1 saturated heterocycles. The lowest BCUT2D eigenvalue weighted by molar-refractivity contribution is -0.918. The standard InChI is InChI=1S/C19H32N4O/c1-19(2,3)21-18(24)20-14-17(23-12-6-7-13-23)15-8-10-16(11-9-15)22(4)5/h8-11,17H,6-7,12-14H2,1-5H3,(H2,20,21,24)/p+1/t17-/m1/s1. The highest BCUT2D eigenvalue weighted by Gasteiger charge is 2.28. The highest BCUT2D eigenvalue weighted by Crippen LogP contribution is 2.17. The maximum Gasteiger partial charge on any atom is 0.315 e. The van der Waals surface area contributed by atoms with Gasteiger partial charge in [0.1, 0.15) is 6.04 Å². The Hall–Kier alpha value is -1.75. The Morgan fingerprint density at radius 2 is 1.75 bits per heavy atom. The van der Waals surface area contributed by atoms with Gasteiger partial charge in [0.2, 0.25) is 0 Å². The number of nitrogens with zero attached hydrogens (tertiary/aromatic N) is 1. The minimum atomic E-state index is -0.215. The monoisotopic (exact) mass is 333 g/mol. The Bertz CT molecular complexity index is 527. The van der Waals surface area contributed by atoms with Crippen LogP contribution in [0.5, 0.6) is 0 Å². The van der Waals surface area contributed by atoms with Crippen molar-refractivity contribution in [2.45, 2.75) is 45.2 Å². The van der Waals surface area contributed by atoms with Gasteiger partial charge < -0.3 is 20.4 Å². The van der Waals surface area contributed by atoms with E-state index in [1.165, 1.54) is 37.2 Å². The highest BCUT2D eigenvalue weighted by atomic mass is 16.2. The molecule has 1 heterocycles. The fourth-order valence-electron chi connectivity index (χ4n) is 3.26. The molecule has 0 unspecified atom stereocenters. The van der Waals surface area contributed by atoms with Crippen molar-refractivity contribution < 1.29 is 9.69 Å². The van der Waals surface area contributed by atoms with Gasteiger partial charge in [0.15, 0.2) is 0 Å². The normalized spacial score (nSPS) is 16.7. The molecule has 0 bridgehead atoms. The van der Waals surface area contributed by atoms with Crippen molar-refractivity contribution in [2.75, 3.05) is 38.6 Å². The lowest BCUT2D eigenvalue weighted by Gasteiger charge is -2.27. The predicted molar refractivity (Wildman–Crippen MR) is 99.7 cm³/mol. The zero-order valence-electron chi connectivity index (χ0n) is 15.8. The third kappa shape index (κ3) is 5.41. The van der Waals surface area contributed by atoms with Gasteiger partial charge in [-0.25, -0.2) is 4.79 Å². The summed E-state index contributed by atoms with van der Waals surface area (Å²) in [6.45, 7) is 9.02. The van der Waals surface area contributed by atoms with Crippen LogP contribution in [-0.4, -0.2) is 45.3 Å². The molecule has 134 valence electrons. The Kier molecular flexibility index (Phi) is 6.10. The maximum atomic E-state index is 12.1. The Balaban J connectivity index is 2.06. The molecule has 0 radical (unpaired) electrons. The molecule has 1 atom stereocenters. The van der Waals surface area contributed by atoms with E-state index in [2.05, 4.69) is 53.9 Å². The summed E-state index contributed by atoms with van der Waals surface area (Å²) in [5.74, 6) is 0. The third-order valence-corrected chi connectivity index (χ3v) is 4.51. The molecule has 3 N–H and O–H groups in total. The summed E-state index contributed by atoms with van der Waals surface area (Å²) in [6.07, 6.45) is 2.55. The lowest BCUT2D eigenvalue weighted by atomic mass is 10.0. The topological polar surface area (TPSA) is 48.8 Å². The van der Waals surface area contributed by atoms with Crippen LogP contribution in [0.2, 0.25) is 0 Å². The summed E-state index contributed by atoms with van der Waals surface area (Å²) < 4.78 is 0. The molecule has 0 spiro atoms. The smallest absolute Gasteiger partial charge is 0.315 e. The maximum absolute atomic E-state index is 12.1. The van der Waals surface area contributed by atoms with Crippen molar-refractivity contribution in [1.29, 1.82) is 0 Å². The minimum absolute atomic E-state index is 0.0870. The third-order valence-electron chi connectivity index (χ3n) is 4.51. The molecular weight excluding hydrogens is 300 g/mol. The molecule has 0 aromatic heterocycles. The molecule has 5 nitrogen and oxygen atoms in total. The van der Waals surface area contributed by atoms with E-state index in [4.69, 9.17) is 0 Å². The fourth-order valence-corrected chi connectivity index (χ4v) is 3.26. The van der Waals surface area contributed by atoms with E-state index in [9.17, 15) is 4.79 Å². The zero-order valence-corrected chi connectivity index (χ0v) is 15.8. The van der Waals surface area contributed by atoms with Gasteiger partial charge in [0.05, 0.1) is 19.6 Å². The van der Waals surface area contributed by atoms with Crippen molar-refractivity contribution in [1.82, 2.24) is 10.6 Å². The number of benzene rings is 1. The van der Waals surface area contributed by atoms with E-state index in [0.717, 1.165) is 0 Å². The van der Waals surface area contributed by atoms with Crippen LogP contribution < -0.4 is 20.4 Å². The van der Waals surface area contributed by atoms with Crippen LogP contribution in [0.15, 0.2) is 24.3 Å². The van der Waals surface area contributed by atoms with Crippen LogP contribution in [0.3, 0.4) is 0 Å². The first-order valence-corrected chi connectivity index (χ1v) is 8.94. The first-order valence-electron chi connectivity index (χ1n) is 8.94. The van der Waals surface area contributed by atoms with Gasteiger partial charge in [-0.05, 0) is 32.9 Å². The molecule has 5 heteroatoms. The largest absolute Gasteiger partial charge is 0.378 e. The van der Waals surface area contributed by atoms with E-state index in [1.54, 1.807) is 4.90 Å². The summed E-state index contributed by atoms with van der Waals surface area (Å²) in [7, 11) is 4.10. The van der Waals surface area contributed by atoms with E-state index in [-0.39, 0.29) is 11.6 Å². The number of hydrogen-bond donors (Lipinski definition) is 3. The molecule has 1 aromatic rings. The van der Waals surface area contributed by atoms with Crippen LogP contribution in [0.25, 0.3) is 0 Å². The Morgan fingerprint density at radius 3 is 2.25 bits per heavy atom. The Labute approximate surface area is 146 Å². The molecule has 2 amide bonds. The minimum Gasteiger partial charge on any atom is -0.378 e. The molecule has 0 saturated carbocycles. The van der Waals surface area contributed by atoms with E-state index in [1.807, 2.05) is 20.8 Å². The van der Waals surface area contributed by atoms with Gasteiger partial charge in [-0.2, -0.15) is 0 Å². The second-order valence-electron chi connectivity index (χ2n) is 7.99. The number of anilines is 1. The van der Waals surface area contributed by atoms with E-state index in [0.29, 0.717) is 12.6 Å². The quantitative estimate of drug-likeness (QED) is 0.766. The molecule has 24 heavy (non-hydrogen) atoms. The van der Waals surface area contributed by atoms with E-state index >= 15 is 0 Å². The second-order valence-corrected chi connectivity index (χ2v) is 7.99. The second kappa shape index (κ2) is 7.88. The SMILES string of the molecule is CN(C)c1ccc([C@@H](CNC(=O)NC(C)(C)C)[NH+]2CCCC2)cc1. The summed E-state index contributed by atoms with van der Waals surface area (Å²) >= 11 is 0. The number of likely N-dealkylation sites (tertiary alicyclic amines) is 1. The first-order chi connectivity index (χ1) is 11.3. The van der Waals surface area contributed by atoms with Crippen LogP contribution >= 0.6 is 0 Å². The molecule has 0 aliphatic carbocycles. The van der Waals surface area contributed by atoms with Crippen molar-refractivity contribution >= 4 is 11.7 Å². The fraction of sp³-hybridized carbons (Fsp3) is 0.632. The predicted octanol–water partition coefficient (Wildman–Crippen LogP) is 1.57. The van der Waals surface area contributed by atoms with Gasteiger partial charge in [0, 0.05) is 43.7 Å². The number of nitrogens with one attached hydrogen (secondary N) is 3. The van der Waals surface area contributed by atoms with Gasteiger partial charge in [0.25, 0.3) is 0 Å². The van der Waals surface area contributed by atoms with Crippen molar-refractivity contribution in [3.63, 3.8) is 0 Å². The molecular formula is C19H33N4O+. The van der Waals surface area contributed by atoms with Crippen LogP contribution in [0.4, 0.5) is 10.5 Å². The van der Waals surface area contributed by atoms with Gasteiger partial charge in [-0.1, -0.05) is 12.1 Å². The summed E-state index contributed by atoms with van der Waals surface area (Å²) in [5, 5.41) is 6.05. The number of hydrogen-bond acceptors (Lipinski definition) is 2. The van der Waals surface area contributed by atoms with Crippen molar-refractivity contribution in [3.05, 3.63) is 29.8 Å². The van der Waals surface area contributed by atoms with Crippen molar-refractivity contribution in [2.24, 2.45) is 0 Å². The van der Waals surface area contributed by atoms with Gasteiger partial charge in [-0.15, -0.1) is 0 Å². The molecule has 1 fully saturated rings. The lowest BCUT2D eigenvalue weighted by Crippen LogP contribution is -3.11. The average Bonchev–Trinajstić information content (AvgIpc) is 3.00. The summed E-state index contributed by atoms with van der Waals surface area (Å²) in [6, 6.07) is 8.95. The number of carbonyl (C=O) groups excluding carboxylic acids is 1. The number of carbonyl (C=O) groups is 1. The van der Waals surface area contributed by atoms with Crippen LogP contribution in [0.1, 0.15) is 45.2 Å². The number of amides is 2. The molecule has 1 aliphatic rings. The van der Waals surface area contributed by atoms with Crippen LogP contribution in [0, 0.1) is 0 Å². The molecule has 1 aliphatic heterocycles. The average molecular weight is 334 g/mol. The number of urea groups is 1. The summed E-state index contributed by atoms with van der Waals surface area (Å²) in [4.78, 5) is 15.8. The molecule has 2 rings (SSSR count). The van der Waals surface area contributed by atoms with Crippen LogP contribution in [-0.2, 0) is 0 Å². The zero-order chi connectivity index (χ0) is 17.7. The summed E-state index contributed by atoms with van der Waals surface area (Å²) in [5.41, 5.74) is 2.29. The van der Waals surface area contributed by atoms with E-state index < -0.39 is 0 Å².